The number of aromatic carboxylic acids is 3. The van der Waals surface area contributed by atoms with Gasteiger partial charge in [-0.1, -0.05) is 28.1 Å². The van der Waals surface area contributed by atoms with Crippen LogP contribution < -0.4 is 0 Å². The van der Waals surface area contributed by atoms with Gasteiger partial charge in [-0.05, 0) is 0 Å². The molecule has 1 rings (SSSR count). The fraction of sp³-hybridized carbons (Fsp3) is 0.0909. The third-order valence-corrected chi connectivity index (χ3v) is 2.51. The summed E-state index contributed by atoms with van der Waals surface area (Å²) < 4.78 is 0. The van der Waals surface area contributed by atoms with E-state index in [1.54, 1.807) is 0 Å². The molecule has 0 fully saturated rings. The van der Waals surface area contributed by atoms with Crippen LogP contribution in [0.5, 0.6) is 0 Å². The van der Waals surface area contributed by atoms with Crippen LogP contribution >= 0.6 is 15.9 Å². The smallest absolute Gasteiger partial charge is 0.355 e. The summed E-state index contributed by atoms with van der Waals surface area (Å²) in [7, 11) is 0. The van der Waals surface area contributed by atoms with E-state index in [0.29, 0.717) is 5.33 Å². The third kappa shape index (κ3) is 3.16. The average molecular weight is 330 g/mol. The van der Waals surface area contributed by atoms with Crippen molar-refractivity contribution >= 4 is 39.9 Å². The average Bonchev–Trinajstić information content (AvgIpc) is 2.34. The number of rotatable bonds is 5. The minimum absolute atomic E-state index is 0.202. The second-order valence-corrected chi connectivity index (χ2v) is 3.93. The Labute approximate surface area is 115 Å². The lowest BCUT2D eigenvalue weighted by Crippen LogP contribution is -2.16. The van der Waals surface area contributed by atoms with Crippen LogP contribution in [0, 0.1) is 0 Å². The molecule has 0 aromatic carbocycles. The standard InChI is InChI=1S/C11H8BrNO6/c12-3-1-2-5-6(9(14)15)4-13-8(11(18)19)7(5)10(16)17/h1-2,4H,3H2,(H,14,15)(H,16,17)(H,18,19)/b2-1+. The first-order valence-corrected chi connectivity index (χ1v) is 5.97. The first-order chi connectivity index (χ1) is 8.90. The van der Waals surface area contributed by atoms with Crippen LogP contribution in [0.2, 0.25) is 0 Å². The second kappa shape index (κ2) is 6.10. The Morgan fingerprint density at radius 1 is 1.16 bits per heavy atom. The monoisotopic (exact) mass is 329 g/mol. The van der Waals surface area contributed by atoms with Crippen molar-refractivity contribution in [2.45, 2.75) is 0 Å². The summed E-state index contributed by atoms with van der Waals surface area (Å²) in [6.07, 6.45) is 3.52. The zero-order chi connectivity index (χ0) is 14.6. The summed E-state index contributed by atoms with van der Waals surface area (Å²) in [5, 5.41) is 27.3. The molecule has 1 heterocycles. The molecule has 3 N–H and O–H groups in total. The molecule has 0 aliphatic carbocycles. The number of nitrogens with zero attached hydrogens (tertiary/aromatic N) is 1. The number of allylic oxidation sites excluding steroid dienone is 1. The number of halogens is 1. The molecular formula is C11H8BrNO6. The van der Waals surface area contributed by atoms with Crippen molar-refractivity contribution < 1.29 is 29.7 Å². The summed E-state index contributed by atoms with van der Waals surface area (Å²) in [4.78, 5) is 36.5. The Hall–Kier alpha value is -2.22. The minimum atomic E-state index is -1.55. The van der Waals surface area contributed by atoms with Gasteiger partial charge in [0.15, 0.2) is 5.69 Å². The number of carboxylic acids is 3. The van der Waals surface area contributed by atoms with Gasteiger partial charge in [-0.25, -0.2) is 19.4 Å². The van der Waals surface area contributed by atoms with E-state index >= 15 is 0 Å². The maximum atomic E-state index is 11.1. The van der Waals surface area contributed by atoms with Crippen LogP contribution in [-0.4, -0.2) is 43.5 Å². The maximum absolute atomic E-state index is 11.1. The molecule has 7 nitrogen and oxygen atoms in total. The molecule has 0 radical (unpaired) electrons. The molecule has 0 saturated heterocycles. The molecule has 0 unspecified atom stereocenters. The van der Waals surface area contributed by atoms with Gasteiger partial charge in [0.25, 0.3) is 0 Å². The molecule has 0 aliphatic rings. The number of hydrogen-bond donors (Lipinski definition) is 3. The molecule has 0 aliphatic heterocycles. The highest BCUT2D eigenvalue weighted by Crippen LogP contribution is 2.20. The Morgan fingerprint density at radius 3 is 2.21 bits per heavy atom. The van der Waals surface area contributed by atoms with Crippen molar-refractivity contribution in [2.24, 2.45) is 0 Å². The fourth-order valence-electron chi connectivity index (χ4n) is 1.41. The van der Waals surface area contributed by atoms with E-state index in [4.69, 9.17) is 15.3 Å². The lowest BCUT2D eigenvalue weighted by molar-refractivity contribution is 0.0643. The van der Waals surface area contributed by atoms with E-state index in [2.05, 4.69) is 20.9 Å². The first kappa shape index (κ1) is 14.8. The molecule has 0 spiro atoms. The van der Waals surface area contributed by atoms with Crippen LogP contribution in [0.3, 0.4) is 0 Å². The van der Waals surface area contributed by atoms with Gasteiger partial charge < -0.3 is 15.3 Å². The highest BCUT2D eigenvalue weighted by Gasteiger charge is 2.25. The summed E-state index contributed by atoms with van der Waals surface area (Å²) in [5.74, 6) is -4.48. The van der Waals surface area contributed by atoms with E-state index in [9.17, 15) is 14.4 Å². The van der Waals surface area contributed by atoms with Gasteiger partial charge in [0, 0.05) is 17.1 Å². The van der Waals surface area contributed by atoms with Crippen LogP contribution in [0.1, 0.15) is 36.8 Å². The van der Waals surface area contributed by atoms with Crippen molar-refractivity contribution in [1.29, 1.82) is 0 Å². The zero-order valence-corrected chi connectivity index (χ0v) is 10.9. The van der Waals surface area contributed by atoms with Crippen LogP contribution in [0.15, 0.2) is 12.3 Å². The van der Waals surface area contributed by atoms with E-state index in [1.807, 2.05) is 0 Å². The number of carbonyl (C=O) groups is 3. The molecule has 19 heavy (non-hydrogen) atoms. The Morgan fingerprint density at radius 2 is 1.79 bits per heavy atom. The fourth-order valence-corrected chi connectivity index (χ4v) is 1.60. The number of hydrogen-bond acceptors (Lipinski definition) is 4. The molecule has 1 aromatic rings. The molecule has 0 saturated carbocycles. The van der Waals surface area contributed by atoms with E-state index in [0.717, 1.165) is 6.20 Å². The molecule has 0 bridgehead atoms. The molecule has 100 valence electrons. The third-order valence-electron chi connectivity index (χ3n) is 2.14. The van der Waals surface area contributed by atoms with Crippen LogP contribution in [0.4, 0.5) is 0 Å². The van der Waals surface area contributed by atoms with Crippen molar-refractivity contribution in [1.82, 2.24) is 4.98 Å². The summed E-state index contributed by atoms with van der Waals surface area (Å²) in [5.41, 5.74) is -1.93. The molecule has 0 amide bonds. The van der Waals surface area contributed by atoms with Crippen molar-refractivity contribution in [3.8, 4) is 0 Å². The van der Waals surface area contributed by atoms with Gasteiger partial charge in [-0.15, -0.1) is 0 Å². The Kier molecular flexibility index (Phi) is 4.76. The highest BCUT2D eigenvalue weighted by atomic mass is 79.9. The predicted octanol–water partition coefficient (Wildman–Crippen LogP) is 1.58. The van der Waals surface area contributed by atoms with Crippen molar-refractivity contribution in [3.05, 3.63) is 34.7 Å². The number of aromatic nitrogens is 1. The first-order valence-electron chi connectivity index (χ1n) is 4.85. The molecule has 1 aromatic heterocycles. The minimum Gasteiger partial charge on any atom is -0.478 e. The van der Waals surface area contributed by atoms with E-state index in [-0.39, 0.29) is 11.1 Å². The van der Waals surface area contributed by atoms with E-state index in [1.165, 1.54) is 12.2 Å². The number of alkyl halides is 1. The van der Waals surface area contributed by atoms with Crippen molar-refractivity contribution in [2.75, 3.05) is 5.33 Å². The predicted molar refractivity (Wildman–Crippen MR) is 67.9 cm³/mol. The summed E-state index contributed by atoms with van der Waals surface area (Å²) >= 11 is 3.06. The summed E-state index contributed by atoms with van der Waals surface area (Å²) in [6.45, 7) is 0. The van der Waals surface area contributed by atoms with Crippen LogP contribution in [0.25, 0.3) is 6.08 Å². The maximum Gasteiger partial charge on any atom is 0.355 e. The van der Waals surface area contributed by atoms with Gasteiger partial charge >= 0.3 is 17.9 Å². The number of pyridine rings is 1. The Bertz CT molecular complexity index is 581. The molecular weight excluding hydrogens is 322 g/mol. The van der Waals surface area contributed by atoms with Gasteiger partial charge in [-0.3, -0.25) is 0 Å². The SMILES string of the molecule is O=C(O)c1cnc(C(=O)O)c(C(=O)O)c1/C=C/CBr. The van der Waals surface area contributed by atoms with Gasteiger partial charge in [-0.2, -0.15) is 0 Å². The van der Waals surface area contributed by atoms with Crippen LogP contribution in [-0.2, 0) is 0 Å². The second-order valence-electron chi connectivity index (χ2n) is 3.28. The van der Waals surface area contributed by atoms with Gasteiger partial charge in [0.2, 0.25) is 0 Å². The summed E-state index contributed by atoms with van der Waals surface area (Å²) in [6, 6.07) is 0. The lowest BCUT2D eigenvalue weighted by Gasteiger charge is -2.08. The topological polar surface area (TPSA) is 125 Å². The largest absolute Gasteiger partial charge is 0.478 e. The number of carboxylic acid groups (broad SMARTS) is 3. The molecule has 0 atom stereocenters. The molecule has 8 heteroatoms. The zero-order valence-electron chi connectivity index (χ0n) is 9.33. The Balaban J connectivity index is 3.70. The van der Waals surface area contributed by atoms with Gasteiger partial charge in [0.1, 0.15) is 5.56 Å². The highest BCUT2D eigenvalue weighted by molar-refractivity contribution is 9.09. The van der Waals surface area contributed by atoms with E-state index < -0.39 is 29.2 Å². The van der Waals surface area contributed by atoms with Crippen molar-refractivity contribution in [3.63, 3.8) is 0 Å². The normalized spacial score (nSPS) is 10.6. The quantitative estimate of drug-likeness (QED) is 0.700. The lowest BCUT2D eigenvalue weighted by atomic mass is 10.0. The van der Waals surface area contributed by atoms with Gasteiger partial charge in [0.05, 0.1) is 5.56 Å².